The highest BCUT2D eigenvalue weighted by atomic mass is 19.1. The molecule has 6 nitrogen and oxygen atoms in total. The number of urea groups is 1. The van der Waals surface area contributed by atoms with Crippen molar-refractivity contribution in [3.05, 3.63) is 24.0 Å². The quantitative estimate of drug-likeness (QED) is 0.762. The number of morpholine rings is 1. The molecule has 0 aromatic heterocycles. The fraction of sp³-hybridized carbons (Fsp3) is 0.611. The molecule has 1 heterocycles. The van der Waals surface area contributed by atoms with E-state index in [1.807, 2.05) is 39.6 Å². The molecule has 7 heteroatoms. The number of nitrogens with zero attached hydrogens (tertiary/aromatic N) is 1. The molecule has 1 fully saturated rings. The van der Waals surface area contributed by atoms with Crippen LogP contribution in [-0.2, 0) is 4.74 Å². The van der Waals surface area contributed by atoms with Crippen molar-refractivity contribution in [2.75, 3.05) is 36.9 Å². The molecule has 0 saturated carbocycles. The summed E-state index contributed by atoms with van der Waals surface area (Å²) in [5.74, 6) is -0.352. The minimum atomic E-state index is -0.357. The smallest absolute Gasteiger partial charge is 0.319 e. The number of hydrogen-bond donors (Lipinski definition) is 3. The van der Waals surface area contributed by atoms with Gasteiger partial charge < -0.3 is 25.6 Å². The first kappa shape index (κ1) is 19.5. The maximum Gasteiger partial charge on any atom is 0.319 e. The van der Waals surface area contributed by atoms with E-state index >= 15 is 0 Å². The zero-order valence-electron chi connectivity index (χ0n) is 15.6. The van der Waals surface area contributed by atoms with E-state index in [0.717, 1.165) is 0 Å². The molecule has 2 amide bonds. The van der Waals surface area contributed by atoms with E-state index in [-0.39, 0.29) is 29.6 Å². The number of halogens is 1. The largest absolute Gasteiger partial charge is 0.372 e. The number of hydrogen-bond acceptors (Lipinski definition) is 4. The summed E-state index contributed by atoms with van der Waals surface area (Å²) in [5.41, 5.74) is 0.746. The molecule has 3 N–H and O–H groups in total. The van der Waals surface area contributed by atoms with Crippen molar-refractivity contribution in [1.29, 1.82) is 0 Å². The number of amides is 2. The lowest BCUT2D eigenvalue weighted by Gasteiger charge is -2.37. The molecule has 0 bridgehead atoms. The van der Waals surface area contributed by atoms with Crippen molar-refractivity contribution in [2.24, 2.45) is 0 Å². The fourth-order valence-corrected chi connectivity index (χ4v) is 2.78. The van der Waals surface area contributed by atoms with Crippen LogP contribution in [0.1, 0.15) is 27.7 Å². The van der Waals surface area contributed by atoms with Gasteiger partial charge in [0, 0.05) is 30.9 Å². The molecular formula is C18H29FN4O2. The minimum absolute atomic E-state index is 0.0576. The minimum Gasteiger partial charge on any atom is -0.372 e. The second-order valence-electron chi connectivity index (χ2n) is 7.27. The summed E-state index contributed by atoms with van der Waals surface area (Å²) in [6.07, 6.45) is 0.115. The standard InChI is InChI=1S/C18H29FN4O2/c1-12-9-23(10-13(2)25-12)16-7-6-14(8-15(16)19)22-17(24)21-11-18(3,4)20-5/h6-8,12-13,20H,9-11H2,1-5H3,(H2,21,22,24)/t12-,13-/m1/s1. The number of likely N-dealkylation sites (N-methyl/N-ethyl adjacent to an activating group) is 1. The summed E-state index contributed by atoms with van der Waals surface area (Å²) in [7, 11) is 1.83. The lowest BCUT2D eigenvalue weighted by Crippen LogP contribution is -2.48. The predicted molar refractivity (Wildman–Crippen MR) is 98.8 cm³/mol. The number of carbonyl (C=O) groups excluding carboxylic acids is 1. The first-order valence-corrected chi connectivity index (χ1v) is 8.64. The Morgan fingerprint density at radius 2 is 1.96 bits per heavy atom. The third kappa shape index (κ3) is 5.57. The lowest BCUT2D eigenvalue weighted by molar-refractivity contribution is -0.00539. The van der Waals surface area contributed by atoms with Crippen LogP contribution in [0.15, 0.2) is 18.2 Å². The highest BCUT2D eigenvalue weighted by molar-refractivity contribution is 5.89. The van der Waals surface area contributed by atoms with Crippen LogP contribution < -0.4 is 20.9 Å². The number of carbonyl (C=O) groups is 1. The van der Waals surface area contributed by atoms with Gasteiger partial charge in [-0.2, -0.15) is 0 Å². The highest BCUT2D eigenvalue weighted by Gasteiger charge is 2.24. The molecule has 0 unspecified atom stereocenters. The highest BCUT2D eigenvalue weighted by Crippen LogP contribution is 2.26. The molecule has 140 valence electrons. The molecule has 1 aliphatic rings. The molecule has 25 heavy (non-hydrogen) atoms. The third-order valence-corrected chi connectivity index (χ3v) is 4.33. The van der Waals surface area contributed by atoms with Crippen molar-refractivity contribution in [3.63, 3.8) is 0 Å². The van der Waals surface area contributed by atoms with E-state index in [1.54, 1.807) is 12.1 Å². The van der Waals surface area contributed by atoms with Crippen molar-refractivity contribution in [3.8, 4) is 0 Å². The summed E-state index contributed by atoms with van der Waals surface area (Å²) >= 11 is 0. The van der Waals surface area contributed by atoms with E-state index in [0.29, 0.717) is 31.0 Å². The Labute approximate surface area is 149 Å². The van der Waals surface area contributed by atoms with E-state index in [2.05, 4.69) is 16.0 Å². The molecule has 0 spiro atoms. The van der Waals surface area contributed by atoms with Gasteiger partial charge in [0.2, 0.25) is 0 Å². The van der Waals surface area contributed by atoms with Crippen LogP contribution in [0.25, 0.3) is 0 Å². The summed E-state index contributed by atoms with van der Waals surface area (Å²) in [4.78, 5) is 13.9. The van der Waals surface area contributed by atoms with Crippen LogP contribution >= 0.6 is 0 Å². The molecule has 1 aromatic rings. The van der Waals surface area contributed by atoms with E-state index in [4.69, 9.17) is 4.74 Å². The number of nitrogens with one attached hydrogen (secondary N) is 3. The fourth-order valence-electron chi connectivity index (χ4n) is 2.78. The average Bonchev–Trinajstić information content (AvgIpc) is 2.52. The van der Waals surface area contributed by atoms with Crippen LogP contribution in [0.4, 0.5) is 20.6 Å². The molecule has 0 aliphatic carbocycles. The molecule has 1 saturated heterocycles. The van der Waals surface area contributed by atoms with Crippen molar-refractivity contribution < 1.29 is 13.9 Å². The second-order valence-corrected chi connectivity index (χ2v) is 7.27. The Hall–Kier alpha value is -1.86. The second kappa shape index (κ2) is 8.01. The molecule has 1 aromatic carbocycles. The number of anilines is 2. The van der Waals surface area contributed by atoms with E-state index in [1.165, 1.54) is 6.07 Å². The SMILES string of the molecule is CNC(C)(C)CNC(=O)Nc1ccc(N2C[C@@H](C)O[C@H](C)C2)c(F)c1. The maximum atomic E-state index is 14.5. The van der Waals surface area contributed by atoms with Gasteiger partial charge in [-0.3, -0.25) is 0 Å². The van der Waals surface area contributed by atoms with Gasteiger partial charge in [-0.15, -0.1) is 0 Å². The van der Waals surface area contributed by atoms with Crippen molar-refractivity contribution in [2.45, 2.75) is 45.4 Å². The van der Waals surface area contributed by atoms with Crippen LogP contribution in [0.2, 0.25) is 0 Å². The Morgan fingerprint density at radius 3 is 2.52 bits per heavy atom. The Morgan fingerprint density at radius 1 is 1.32 bits per heavy atom. The lowest BCUT2D eigenvalue weighted by atomic mass is 10.1. The summed E-state index contributed by atoms with van der Waals surface area (Å²) in [6.45, 7) is 9.67. The van der Waals surface area contributed by atoms with Gasteiger partial charge in [0.05, 0.1) is 17.9 Å². The summed E-state index contributed by atoms with van der Waals surface area (Å²) in [5, 5.41) is 8.54. The average molecular weight is 352 g/mol. The monoisotopic (exact) mass is 352 g/mol. The van der Waals surface area contributed by atoms with Gasteiger partial charge in [-0.1, -0.05) is 0 Å². The maximum absolute atomic E-state index is 14.5. The topological polar surface area (TPSA) is 65.6 Å². The Balaban J connectivity index is 1.98. The predicted octanol–water partition coefficient (Wildman–Crippen LogP) is 2.56. The van der Waals surface area contributed by atoms with Gasteiger partial charge >= 0.3 is 6.03 Å². The van der Waals surface area contributed by atoms with Crippen LogP contribution in [-0.4, -0.2) is 50.5 Å². The summed E-state index contributed by atoms with van der Waals surface area (Å²) < 4.78 is 20.2. The number of benzene rings is 1. The Bertz CT molecular complexity index is 599. The van der Waals surface area contributed by atoms with Gasteiger partial charge in [0.25, 0.3) is 0 Å². The van der Waals surface area contributed by atoms with Gasteiger partial charge in [0.15, 0.2) is 0 Å². The normalized spacial score (nSPS) is 21.1. The van der Waals surface area contributed by atoms with Gasteiger partial charge in [0.1, 0.15) is 5.82 Å². The van der Waals surface area contributed by atoms with E-state index < -0.39 is 0 Å². The van der Waals surface area contributed by atoms with Crippen LogP contribution in [0.5, 0.6) is 0 Å². The molecule has 1 aliphatic heterocycles. The zero-order chi connectivity index (χ0) is 18.6. The first-order valence-electron chi connectivity index (χ1n) is 8.64. The zero-order valence-corrected chi connectivity index (χ0v) is 15.6. The molecule has 2 rings (SSSR count). The van der Waals surface area contributed by atoms with E-state index in [9.17, 15) is 9.18 Å². The first-order chi connectivity index (χ1) is 11.7. The van der Waals surface area contributed by atoms with Crippen LogP contribution in [0, 0.1) is 5.82 Å². The molecule has 2 atom stereocenters. The number of rotatable bonds is 5. The summed E-state index contributed by atoms with van der Waals surface area (Å²) in [6, 6.07) is 4.41. The number of ether oxygens (including phenoxy) is 1. The van der Waals surface area contributed by atoms with Crippen LogP contribution in [0.3, 0.4) is 0 Å². The van der Waals surface area contributed by atoms with Gasteiger partial charge in [-0.05, 0) is 52.9 Å². The molecular weight excluding hydrogens is 323 g/mol. The molecule has 0 radical (unpaired) electrons. The third-order valence-electron chi connectivity index (χ3n) is 4.33. The van der Waals surface area contributed by atoms with Gasteiger partial charge in [-0.25, -0.2) is 9.18 Å². The van der Waals surface area contributed by atoms with Crippen molar-refractivity contribution >= 4 is 17.4 Å². The van der Waals surface area contributed by atoms with Crippen molar-refractivity contribution in [1.82, 2.24) is 10.6 Å². The Kier molecular flexibility index (Phi) is 6.24.